The maximum Gasteiger partial charge on any atom is 1.00 e. The average Bonchev–Trinajstić information content (AvgIpc) is 2.95. The molecule has 0 aliphatic carbocycles. The number of ether oxygens (including phenoxy) is 1. The summed E-state index contributed by atoms with van der Waals surface area (Å²) in [5.74, 6) is 0.759. The number of allylic oxidation sites excluding steroid dienone is 1. The molecule has 3 rings (SSSR count). The molecule has 1 aromatic carbocycles. The van der Waals surface area contributed by atoms with Crippen molar-refractivity contribution in [3.05, 3.63) is 59.2 Å². The average molecular weight is 350 g/mol. The standard InChI is InChI=1S/C16H16N4O3.K/c1-3-8-20-15(21)13-14(18-16(20)22)17-10-19(13)9-11-4-6-12(23-2)7-5-11;/h3-7,10H,1,8-9H2,2H3,(H,18,22);/q;+1/p-1. The van der Waals surface area contributed by atoms with Crippen LogP contribution in [-0.4, -0.2) is 26.2 Å². The minimum atomic E-state index is -0.614. The van der Waals surface area contributed by atoms with Crippen LogP contribution in [0, 0.1) is 0 Å². The van der Waals surface area contributed by atoms with Crippen LogP contribution in [0.15, 0.2) is 48.0 Å². The number of nitrogens with zero attached hydrogens (tertiary/aromatic N) is 4. The number of fused-ring (bicyclic) bond motifs is 1. The molecule has 0 spiro atoms. The second-order valence-electron chi connectivity index (χ2n) is 4.99. The fourth-order valence-corrected chi connectivity index (χ4v) is 2.38. The van der Waals surface area contributed by atoms with Crippen molar-refractivity contribution in [2.75, 3.05) is 7.11 Å². The summed E-state index contributed by atoms with van der Waals surface area (Å²) in [5, 5.41) is 11.8. The first-order chi connectivity index (χ1) is 11.1. The molecule has 8 heteroatoms. The third kappa shape index (κ3) is 3.62. The van der Waals surface area contributed by atoms with Crippen LogP contribution in [0.25, 0.3) is 11.2 Å². The number of aromatic nitrogens is 4. The van der Waals surface area contributed by atoms with Crippen molar-refractivity contribution in [2.24, 2.45) is 0 Å². The van der Waals surface area contributed by atoms with E-state index in [0.29, 0.717) is 12.1 Å². The van der Waals surface area contributed by atoms with Gasteiger partial charge in [0, 0.05) is 13.1 Å². The van der Waals surface area contributed by atoms with Gasteiger partial charge in [-0.2, -0.15) is 0 Å². The summed E-state index contributed by atoms with van der Waals surface area (Å²) < 4.78 is 7.85. The first-order valence-electron chi connectivity index (χ1n) is 7.00. The van der Waals surface area contributed by atoms with Crippen LogP contribution in [0.2, 0.25) is 0 Å². The zero-order chi connectivity index (χ0) is 16.4. The molecule has 0 unspecified atom stereocenters. The molecule has 2 heterocycles. The normalized spacial score (nSPS) is 10.4. The van der Waals surface area contributed by atoms with Crippen molar-refractivity contribution in [1.29, 1.82) is 0 Å². The van der Waals surface area contributed by atoms with Gasteiger partial charge in [-0.15, -0.1) is 6.58 Å². The van der Waals surface area contributed by atoms with E-state index >= 15 is 0 Å². The molecule has 3 aromatic rings. The number of imidazole rings is 1. The Kier molecular flexibility index (Phi) is 6.36. The number of hydrogen-bond donors (Lipinski definition) is 0. The summed E-state index contributed by atoms with van der Waals surface area (Å²) >= 11 is 0. The second-order valence-corrected chi connectivity index (χ2v) is 4.99. The molecule has 0 saturated carbocycles. The minimum absolute atomic E-state index is 0. The number of rotatable bonds is 5. The van der Waals surface area contributed by atoms with Crippen molar-refractivity contribution in [1.82, 2.24) is 19.1 Å². The maximum atomic E-state index is 12.5. The third-order valence-corrected chi connectivity index (χ3v) is 3.52. The Morgan fingerprint density at radius 1 is 1.33 bits per heavy atom. The summed E-state index contributed by atoms with van der Waals surface area (Å²) in [5.41, 5.74) is 1.04. The van der Waals surface area contributed by atoms with E-state index in [1.807, 2.05) is 24.3 Å². The van der Waals surface area contributed by atoms with Gasteiger partial charge in [0.05, 0.1) is 19.4 Å². The molecule has 0 aliphatic rings. The largest absolute Gasteiger partial charge is 1.00 e. The van der Waals surface area contributed by atoms with Crippen LogP contribution < -0.4 is 66.8 Å². The molecule has 0 bridgehead atoms. The SMILES string of the molecule is C=CCn1c([O-])nc2ncn(Cc3ccc(OC)cc3)c2c1=O.[K+]. The smallest absolute Gasteiger partial charge is 0.846 e. The number of hydrogen-bond acceptors (Lipinski definition) is 5. The monoisotopic (exact) mass is 350 g/mol. The van der Waals surface area contributed by atoms with Crippen molar-refractivity contribution >= 4 is 11.2 Å². The van der Waals surface area contributed by atoms with Crippen LogP contribution in [0.5, 0.6) is 11.8 Å². The Morgan fingerprint density at radius 3 is 2.67 bits per heavy atom. The van der Waals surface area contributed by atoms with Gasteiger partial charge in [-0.25, -0.2) is 9.97 Å². The van der Waals surface area contributed by atoms with E-state index in [1.54, 1.807) is 11.7 Å². The van der Waals surface area contributed by atoms with Crippen molar-refractivity contribution in [2.45, 2.75) is 13.1 Å². The van der Waals surface area contributed by atoms with Gasteiger partial charge in [0.1, 0.15) is 5.75 Å². The van der Waals surface area contributed by atoms with E-state index in [0.717, 1.165) is 15.9 Å². The Labute approximate surface area is 181 Å². The van der Waals surface area contributed by atoms with Crippen molar-refractivity contribution in [3.63, 3.8) is 0 Å². The molecule has 0 atom stereocenters. The summed E-state index contributed by atoms with van der Waals surface area (Å²) in [7, 11) is 1.60. The topological polar surface area (TPSA) is 85.0 Å². The zero-order valence-corrected chi connectivity index (χ0v) is 16.7. The van der Waals surface area contributed by atoms with Gasteiger partial charge in [0.25, 0.3) is 5.56 Å². The Balaban J connectivity index is 0.00000208. The van der Waals surface area contributed by atoms with Crippen LogP contribution in [0.4, 0.5) is 0 Å². The van der Waals surface area contributed by atoms with E-state index in [-0.39, 0.29) is 63.6 Å². The quantitative estimate of drug-likeness (QED) is 0.389. The summed E-state index contributed by atoms with van der Waals surface area (Å²) in [6.45, 7) is 4.12. The molecule has 2 aromatic heterocycles. The van der Waals surface area contributed by atoms with E-state index in [1.165, 1.54) is 12.4 Å². The summed E-state index contributed by atoms with van der Waals surface area (Å²) in [6.07, 6.45) is 3.00. The van der Waals surface area contributed by atoms with Crippen LogP contribution >= 0.6 is 0 Å². The van der Waals surface area contributed by atoms with Crippen LogP contribution in [0.3, 0.4) is 0 Å². The zero-order valence-electron chi connectivity index (χ0n) is 13.6. The summed E-state index contributed by atoms with van der Waals surface area (Å²) in [6, 6.07) is 6.89. The molecule has 7 nitrogen and oxygen atoms in total. The van der Waals surface area contributed by atoms with Crippen molar-refractivity contribution < 1.29 is 61.2 Å². The molecule has 0 radical (unpaired) electrons. The molecule has 0 fully saturated rings. The van der Waals surface area contributed by atoms with E-state index in [4.69, 9.17) is 4.74 Å². The van der Waals surface area contributed by atoms with Gasteiger partial charge in [-0.1, -0.05) is 18.2 Å². The predicted molar refractivity (Wildman–Crippen MR) is 83.5 cm³/mol. The first-order valence-corrected chi connectivity index (χ1v) is 7.00. The molecule has 0 N–H and O–H groups in total. The number of methoxy groups -OCH3 is 1. The second kappa shape index (κ2) is 8.08. The Morgan fingerprint density at radius 2 is 2.04 bits per heavy atom. The molecule has 0 amide bonds. The predicted octanol–water partition coefficient (Wildman–Crippen LogP) is -2.09. The van der Waals surface area contributed by atoms with E-state index < -0.39 is 11.6 Å². The molecular formula is C16H15KN4O3. The van der Waals surface area contributed by atoms with Gasteiger partial charge in [0.15, 0.2) is 11.2 Å². The fourth-order valence-electron chi connectivity index (χ4n) is 2.38. The maximum absolute atomic E-state index is 12.5. The minimum Gasteiger partial charge on any atom is -0.846 e. The summed E-state index contributed by atoms with van der Waals surface area (Å²) in [4.78, 5) is 20.4. The third-order valence-electron chi connectivity index (χ3n) is 3.52. The van der Waals surface area contributed by atoms with E-state index in [9.17, 15) is 9.90 Å². The van der Waals surface area contributed by atoms with E-state index in [2.05, 4.69) is 16.5 Å². The van der Waals surface area contributed by atoms with Crippen LogP contribution in [0.1, 0.15) is 5.56 Å². The molecular weight excluding hydrogens is 335 g/mol. The number of benzene rings is 1. The molecule has 24 heavy (non-hydrogen) atoms. The Bertz CT molecular complexity index is 915. The van der Waals surface area contributed by atoms with Gasteiger partial charge >= 0.3 is 51.4 Å². The molecule has 0 saturated heterocycles. The molecule has 118 valence electrons. The first kappa shape index (κ1) is 18.9. The van der Waals surface area contributed by atoms with Gasteiger partial charge < -0.3 is 14.4 Å². The van der Waals surface area contributed by atoms with Gasteiger partial charge in [-0.3, -0.25) is 9.36 Å². The van der Waals surface area contributed by atoms with Gasteiger partial charge in [-0.05, 0) is 17.7 Å². The van der Waals surface area contributed by atoms with Crippen molar-refractivity contribution in [3.8, 4) is 11.8 Å². The fraction of sp³-hybridized carbons (Fsp3) is 0.188. The van der Waals surface area contributed by atoms with Gasteiger partial charge in [0.2, 0.25) is 0 Å². The molecule has 0 aliphatic heterocycles. The van der Waals surface area contributed by atoms with Crippen LogP contribution in [-0.2, 0) is 13.1 Å². The Hall–Kier alpha value is -1.45.